The molecule has 0 amide bonds. The molecule has 0 aliphatic carbocycles. The number of aromatic nitrogens is 1. The highest BCUT2D eigenvalue weighted by molar-refractivity contribution is 8.14. The highest BCUT2D eigenvalue weighted by Crippen LogP contribution is 2.18. The van der Waals surface area contributed by atoms with Gasteiger partial charge in [0.1, 0.15) is 4.90 Å². The quantitative estimate of drug-likeness (QED) is 0.736. The van der Waals surface area contributed by atoms with Crippen molar-refractivity contribution in [3.05, 3.63) is 48.2 Å². The molecule has 0 aliphatic rings. The van der Waals surface area contributed by atoms with Gasteiger partial charge >= 0.3 is 0 Å². The Hall–Kier alpha value is -2.39. The number of carbonyl (C=O) groups excluding carboxylic acids is 2. The molecule has 0 saturated carbocycles. The average Bonchev–Trinajstić information content (AvgIpc) is 2.60. The summed E-state index contributed by atoms with van der Waals surface area (Å²) in [6.07, 6.45) is 1.19. The molecule has 1 N–H and O–H groups in total. The van der Waals surface area contributed by atoms with Crippen LogP contribution in [0.5, 0.6) is 5.88 Å². The van der Waals surface area contributed by atoms with Crippen LogP contribution in [-0.4, -0.2) is 37.2 Å². The second kappa shape index (κ2) is 8.13. The van der Waals surface area contributed by atoms with Gasteiger partial charge in [-0.15, -0.1) is 0 Å². The number of pyridine rings is 1. The molecule has 0 spiro atoms. The van der Waals surface area contributed by atoms with Gasteiger partial charge < -0.3 is 4.74 Å². The first kappa shape index (κ1) is 18.9. The molecule has 7 nitrogen and oxygen atoms in total. The molecule has 0 unspecified atom stereocenters. The van der Waals surface area contributed by atoms with Crippen LogP contribution in [0.25, 0.3) is 0 Å². The molecule has 0 radical (unpaired) electrons. The molecule has 25 heavy (non-hydrogen) atoms. The normalized spacial score (nSPS) is 11.0. The molecule has 132 valence electrons. The lowest BCUT2D eigenvalue weighted by Gasteiger charge is -2.09. The van der Waals surface area contributed by atoms with Crippen molar-refractivity contribution in [1.29, 1.82) is 0 Å². The maximum atomic E-state index is 12.3. The number of nitrogens with zero attached hydrogens (tertiary/aromatic N) is 1. The van der Waals surface area contributed by atoms with Crippen molar-refractivity contribution in [2.75, 3.05) is 17.6 Å². The maximum Gasteiger partial charge on any atom is 0.263 e. The molecular formula is C16H16N2O5S2. The van der Waals surface area contributed by atoms with E-state index in [1.54, 1.807) is 0 Å². The van der Waals surface area contributed by atoms with E-state index in [0.717, 1.165) is 11.8 Å². The number of nitrogens with one attached hydrogen (secondary N) is 1. The molecule has 1 aromatic heterocycles. The Labute approximate surface area is 149 Å². The number of rotatable bonds is 7. The topological polar surface area (TPSA) is 102 Å². The van der Waals surface area contributed by atoms with Gasteiger partial charge in [0.2, 0.25) is 5.88 Å². The molecule has 0 atom stereocenters. The van der Waals surface area contributed by atoms with Gasteiger partial charge in [0, 0.05) is 24.2 Å². The monoisotopic (exact) mass is 380 g/mol. The van der Waals surface area contributed by atoms with Gasteiger partial charge in [-0.1, -0.05) is 11.8 Å². The van der Waals surface area contributed by atoms with Gasteiger partial charge in [0.05, 0.1) is 19.1 Å². The summed E-state index contributed by atoms with van der Waals surface area (Å²) in [5.41, 5.74) is 0.717. The van der Waals surface area contributed by atoms with Crippen LogP contribution in [-0.2, 0) is 14.8 Å². The van der Waals surface area contributed by atoms with Crippen LogP contribution in [0, 0.1) is 0 Å². The summed E-state index contributed by atoms with van der Waals surface area (Å²) >= 11 is 0.932. The molecule has 0 fully saturated rings. The van der Waals surface area contributed by atoms with Crippen LogP contribution >= 0.6 is 11.8 Å². The third-order valence-corrected chi connectivity index (χ3v) is 5.27. The van der Waals surface area contributed by atoms with Crippen LogP contribution in [0.1, 0.15) is 17.3 Å². The van der Waals surface area contributed by atoms with E-state index in [9.17, 15) is 18.0 Å². The fraction of sp³-hybridized carbons (Fsp3) is 0.188. The van der Waals surface area contributed by atoms with Gasteiger partial charge in [0.15, 0.2) is 10.9 Å². The third kappa shape index (κ3) is 5.30. The zero-order valence-electron chi connectivity index (χ0n) is 13.6. The lowest BCUT2D eigenvalue weighted by molar-refractivity contribution is -0.109. The van der Waals surface area contributed by atoms with E-state index in [4.69, 9.17) is 4.74 Å². The highest BCUT2D eigenvalue weighted by atomic mass is 32.2. The standard InChI is InChI=1S/C16H16N2O5S2/c1-11(19)24-10-15(20)12-3-5-13(6-4-12)18-25(21,22)14-7-8-16(23-2)17-9-14/h3-9,18H,10H2,1-2H3. The summed E-state index contributed by atoms with van der Waals surface area (Å²) in [5.74, 6) is 0.164. The Bertz CT molecular complexity index is 862. The minimum Gasteiger partial charge on any atom is -0.481 e. The van der Waals surface area contributed by atoms with E-state index in [-0.39, 0.29) is 21.5 Å². The molecule has 0 aliphatic heterocycles. The van der Waals surface area contributed by atoms with Crippen molar-refractivity contribution >= 4 is 38.4 Å². The summed E-state index contributed by atoms with van der Waals surface area (Å²) in [6.45, 7) is 1.39. The van der Waals surface area contributed by atoms with Gasteiger partial charge in [-0.05, 0) is 30.3 Å². The van der Waals surface area contributed by atoms with Gasteiger partial charge in [-0.3, -0.25) is 14.3 Å². The second-order valence-corrected chi connectivity index (χ2v) is 7.76. The number of carbonyl (C=O) groups is 2. The van der Waals surface area contributed by atoms with Crippen molar-refractivity contribution in [2.45, 2.75) is 11.8 Å². The molecule has 1 aromatic carbocycles. The number of ketones is 1. The number of anilines is 1. The zero-order valence-corrected chi connectivity index (χ0v) is 15.2. The van der Waals surface area contributed by atoms with Crippen molar-refractivity contribution in [1.82, 2.24) is 4.98 Å². The van der Waals surface area contributed by atoms with Crippen LogP contribution < -0.4 is 9.46 Å². The molecule has 9 heteroatoms. The fourth-order valence-corrected chi connectivity index (χ4v) is 3.34. The van der Waals surface area contributed by atoms with Crippen LogP contribution in [0.3, 0.4) is 0 Å². The van der Waals surface area contributed by atoms with Crippen LogP contribution in [0.4, 0.5) is 5.69 Å². The lowest BCUT2D eigenvalue weighted by Crippen LogP contribution is -2.13. The van der Waals surface area contributed by atoms with Crippen molar-refractivity contribution in [3.63, 3.8) is 0 Å². The summed E-state index contributed by atoms with van der Waals surface area (Å²) in [7, 11) is -2.36. The van der Waals surface area contributed by atoms with E-state index >= 15 is 0 Å². The number of ether oxygens (including phenoxy) is 1. The van der Waals surface area contributed by atoms with E-state index in [1.165, 1.54) is 56.6 Å². The minimum atomic E-state index is -3.79. The number of Topliss-reactive ketones (excluding diaryl/α,β-unsaturated/α-hetero) is 1. The largest absolute Gasteiger partial charge is 0.481 e. The van der Waals surface area contributed by atoms with E-state index in [0.29, 0.717) is 17.1 Å². The van der Waals surface area contributed by atoms with E-state index < -0.39 is 10.0 Å². The average molecular weight is 380 g/mol. The van der Waals surface area contributed by atoms with Gasteiger partial charge in [-0.2, -0.15) is 0 Å². The predicted molar refractivity (Wildman–Crippen MR) is 95.5 cm³/mol. The first-order chi connectivity index (χ1) is 11.8. The summed E-state index contributed by atoms with van der Waals surface area (Å²) in [6, 6.07) is 8.81. The number of benzene rings is 1. The van der Waals surface area contributed by atoms with Crippen molar-refractivity contribution in [3.8, 4) is 5.88 Å². The molecule has 0 bridgehead atoms. The summed E-state index contributed by atoms with van der Waals surface area (Å²) < 4.78 is 31.9. The smallest absolute Gasteiger partial charge is 0.263 e. The van der Waals surface area contributed by atoms with E-state index in [2.05, 4.69) is 9.71 Å². The number of hydrogen-bond donors (Lipinski definition) is 1. The number of methoxy groups -OCH3 is 1. The van der Waals surface area contributed by atoms with Gasteiger partial charge in [0.25, 0.3) is 10.0 Å². The molecule has 0 saturated heterocycles. The summed E-state index contributed by atoms with van der Waals surface area (Å²) in [5, 5.41) is -0.133. The molecule has 1 heterocycles. The number of thioether (sulfide) groups is 1. The SMILES string of the molecule is COc1ccc(S(=O)(=O)Nc2ccc(C(=O)CSC(C)=O)cc2)cn1. The minimum absolute atomic E-state index is 0.00805. The second-order valence-electron chi connectivity index (χ2n) is 4.92. The number of sulfonamides is 1. The molecular weight excluding hydrogens is 364 g/mol. The Morgan fingerprint density at radius 3 is 2.36 bits per heavy atom. The van der Waals surface area contributed by atoms with Crippen molar-refractivity contribution < 1.29 is 22.7 Å². The van der Waals surface area contributed by atoms with Crippen molar-refractivity contribution in [2.24, 2.45) is 0 Å². The molecule has 2 rings (SSSR count). The van der Waals surface area contributed by atoms with Gasteiger partial charge in [-0.25, -0.2) is 13.4 Å². The Kier molecular flexibility index (Phi) is 6.16. The summed E-state index contributed by atoms with van der Waals surface area (Å²) in [4.78, 5) is 26.6. The first-order valence-electron chi connectivity index (χ1n) is 7.11. The predicted octanol–water partition coefficient (Wildman–Crippen LogP) is 2.35. The van der Waals surface area contributed by atoms with E-state index in [1.807, 2.05) is 0 Å². The van der Waals surface area contributed by atoms with Crippen LogP contribution in [0.15, 0.2) is 47.5 Å². The fourth-order valence-electron chi connectivity index (χ4n) is 1.84. The Balaban J connectivity index is 2.09. The highest BCUT2D eigenvalue weighted by Gasteiger charge is 2.15. The maximum absolute atomic E-state index is 12.3. The first-order valence-corrected chi connectivity index (χ1v) is 9.58. The Morgan fingerprint density at radius 1 is 1.16 bits per heavy atom. The van der Waals surface area contributed by atoms with Crippen LogP contribution in [0.2, 0.25) is 0 Å². The molecule has 2 aromatic rings. The Morgan fingerprint density at radius 2 is 1.84 bits per heavy atom. The lowest BCUT2D eigenvalue weighted by atomic mass is 10.1. The third-order valence-electron chi connectivity index (χ3n) is 3.09. The number of hydrogen-bond acceptors (Lipinski definition) is 7. The zero-order chi connectivity index (χ0) is 18.4.